The maximum Gasteiger partial charge on any atom is 0.242 e. The van der Waals surface area contributed by atoms with Crippen molar-refractivity contribution in [2.45, 2.75) is 38.3 Å². The molecule has 0 radical (unpaired) electrons. The average Bonchev–Trinajstić information content (AvgIpc) is 2.72. The highest BCUT2D eigenvalue weighted by atomic mass is 16.2. The SMILES string of the molecule is C[C@H](c1ccccc1)N(C)CC(=O)N[C@H]1CCCCNC1=O. The van der Waals surface area contributed by atoms with Gasteiger partial charge in [-0.1, -0.05) is 30.3 Å². The van der Waals surface area contributed by atoms with Crippen LogP contribution in [0.5, 0.6) is 0 Å². The Morgan fingerprint density at radius 3 is 2.82 bits per heavy atom. The van der Waals surface area contributed by atoms with E-state index in [2.05, 4.69) is 29.7 Å². The zero-order chi connectivity index (χ0) is 15.9. The quantitative estimate of drug-likeness (QED) is 0.866. The fourth-order valence-corrected chi connectivity index (χ4v) is 2.67. The number of amides is 2. The fourth-order valence-electron chi connectivity index (χ4n) is 2.67. The van der Waals surface area contributed by atoms with Gasteiger partial charge in [0.1, 0.15) is 6.04 Å². The van der Waals surface area contributed by atoms with Gasteiger partial charge in [-0.15, -0.1) is 0 Å². The summed E-state index contributed by atoms with van der Waals surface area (Å²) in [6.45, 7) is 3.05. The first-order valence-electron chi connectivity index (χ1n) is 7.90. The van der Waals surface area contributed by atoms with E-state index in [-0.39, 0.29) is 24.4 Å². The standard InChI is InChI=1S/C17H25N3O2/c1-13(14-8-4-3-5-9-14)20(2)12-16(21)19-15-10-6-7-11-18-17(15)22/h3-5,8-9,13,15H,6-7,10-12H2,1-2H3,(H,18,22)(H,19,21)/t13-,15+/m1/s1. The second-order valence-corrected chi connectivity index (χ2v) is 5.91. The van der Waals surface area contributed by atoms with Gasteiger partial charge >= 0.3 is 0 Å². The van der Waals surface area contributed by atoms with Crippen molar-refractivity contribution >= 4 is 11.8 Å². The van der Waals surface area contributed by atoms with E-state index < -0.39 is 6.04 Å². The van der Waals surface area contributed by atoms with Crippen LogP contribution in [0.3, 0.4) is 0 Å². The van der Waals surface area contributed by atoms with Crippen LogP contribution < -0.4 is 10.6 Å². The van der Waals surface area contributed by atoms with Gasteiger partial charge in [-0.2, -0.15) is 0 Å². The molecule has 0 spiro atoms. The minimum atomic E-state index is -0.393. The van der Waals surface area contributed by atoms with E-state index in [9.17, 15) is 9.59 Å². The number of rotatable bonds is 5. The van der Waals surface area contributed by atoms with Crippen molar-refractivity contribution in [3.63, 3.8) is 0 Å². The number of carbonyl (C=O) groups is 2. The first-order valence-corrected chi connectivity index (χ1v) is 7.90. The molecule has 1 aromatic carbocycles. The molecule has 120 valence electrons. The highest BCUT2D eigenvalue weighted by molar-refractivity contribution is 5.88. The van der Waals surface area contributed by atoms with E-state index in [1.807, 2.05) is 30.1 Å². The first kappa shape index (κ1) is 16.5. The lowest BCUT2D eigenvalue weighted by atomic mass is 10.1. The van der Waals surface area contributed by atoms with Crippen molar-refractivity contribution in [3.05, 3.63) is 35.9 Å². The summed E-state index contributed by atoms with van der Waals surface area (Å²) >= 11 is 0. The lowest BCUT2D eigenvalue weighted by molar-refractivity contribution is -0.129. The second kappa shape index (κ2) is 7.94. The van der Waals surface area contributed by atoms with Crippen LogP contribution in [0, 0.1) is 0 Å². The number of carbonyl (C=O) groups excluding carboxylic acids is 2. The van der Waals surface area contributed by atoms with Crippen LogP contribution in [-0.4, -0.2) is 42.9 Å². The molecule has 2 amide bonds. The van der Waals surface area contributed by atoms with Gasteiger partial charge in [0.2, 0.25) is 11.8 Å². The average molecular weight is 303 g/mol. The van der Waals surface area contributed by atoms with Crippen LogP contribution in [0.25, 0.3) is 0 Å². The van der Waals surface area contributed by atoms with Gasteiger partial charge in [-0.25, -0.2) is 0 Å². The second-order valence-electron chi connectivity index (χ2n) is 5.91. The summed E-state index contributed by atoms with van der Waals surface area (Å²) in [5.41, 5.74) is 1.17. The Labute approximate surface area is 132 Å². The zero-order valence-electron chi connectivity index (χ0n) is 13.3. The van der Waals surface area contributed by atoms with Crippen LogP contribution in [-0.2, 0) is 9.59 Å². The van der Waals surface area contributed by atoms with E-state index in [1.54, 1.807) is 0 Å². The highest BCUT2D eigenvalue weighted by Gasteiger charge is 2.23. The molecule has 1 aliphatic rings. The Kier molecular flexibility index (Phi) is 5.95. The molecule has 1 aromatic rings. The number of hydrogen-bond donors (Lipinski definition) is 2. The largest absolute Gasteiger partial charge is 0.354 e. The molecule has 0 aromatic heterocycles. The molecule has 5 nitrogen and oxygen atoms in total. The predicted molar refractivity (Wildman–Crippen MR) is 86.3 cm³/mol. The summed E-state index contributed by atoms with van der Waals surface area (Å²) in [4.78, 5) is 26.0. The molecule has 1 aliphatic heterocycles. The molecule has 1 saturated heterocycles. The Balaban J connectivity index is 1.86. The lowest BCUT2D eigenvalue weighted by Gasteiger charge is -2.25. The van der Waals surface area contributed by atoms with Gasteiger partial charge in [-0.05, 0) is 38.8 Å². The van der Waals surface area contributed by atoms with Crippen LogP contribution in [0.15, 0.2) is 30.3 Å². The third-order valence-corrected chi connectivity index (χ3v) is 4.21. The number of benzene rings is 1. The maximum atomic E-state index is 12.2. The van der Waals surface area contributed by atoms with Crippen LogP contribution in [0.2, 0.25) is 0 Å². The maximum absolute atomic E-state index is 12.2. The third-order valence-electron chi connectivity index (χ3n) is 4.21. The van der Waals surface area contributed by atoms with Gasteiger partial charge < -0.3 is 10.6 Å². The Morgan fingerprint density at radius 2 is 2.09 bits per heavy atom. The smallest absolute Gasteiger partial charge is 0.242 e. The van der Waals surface area contributed by atoms with Crippen LogP contribution in [0.1, 0.15) is 37.8 Å². The molecule has 1 heterocycles. The minimum absolute atomic E-state index is 0.0652. The van der Waals surface area contributed by atoms with E-state index in [4.69, 9.17) is 0 Å². The van der Waals surface area contributed by atoms with Gasteiger partial charge in [0, 0.05) is 12.6 Å². The molecule has 1 fully saturated rings. The van der Waals surface area contributed by atoms with Gasteiger partial charge in [-0.3, -0.25) is 14.5 Å². The van der Waals surface area contributed by atoms with Crippen molar-refractivity contribution in [2.24, 2.45) is 0 Å². The molecule has 0 unspecified atom stereocenters. The lowest BCUT2D eigenvalue weighted by Crippen LogP contribution is -2.48. The molecular weight excluding hydrogens is 278 g/mol. The molecular formula is C17H25N3O2. The normalized spacial score (nSPS) is 20.1. The first-order chi connectivity index (χ1) is 10.6. The molecule has 2 atom stereocenters. The topological polar surface area (TPSA) is 61.4 Å². The summed E-state index contributed by atoms with van der Waals surface area (Å²) in [5.74, 6) is -0.169. The number of nitrogens with one attached hydrogen (secondary N) is 2. The molecule has 0 saturated carbocycles. The number of likely N-dealkylation sites (N-methyl/N-ethyl adjacent to an activating group) is 1. The van der Waals surface area contributed by atoms with Crippen LogP contribution >= 0.6 is 0 Å². The highest BCUT2D eigenvalue weighted by Crippen LogP contribution is 2.17. The summed E-state index contributed by atoms with van der Waals surface area (Å²) in [6, 6.07) is 9.83. The third kappa shape index (κ3) is 4.56. The minimum Gasteiger partial charge on any atom is -0.354 e. The summed E-state index contributed by atoms with van der Waals surface area (Å²) in [6.07, 6.45) is 2.65. The van der Waals surface area contributed by atoms with Crippen molar-refractivity contribution < 1.29 is 9.59 Å². The predicted octanol–water partition coefficient (Wildman–Crippen LogP) is 1.46. The van der Waals surface area contributed by atoms with E-state index in [1.165, 1.54) is 5.56 Å². The van der Waals surface area contributed by atoms with Crippen molar-refractivity contribution in [2.75, 3.05) is 20.1 Å². The van der Waals surface area contributed by atoms with Gasteiger partial charge in [0.25, 0.3) is 0 Å². The van der Waals surface area contributed by atoms with Gasteiger partial charge in [0.15, 0.2) is 0 Å². The van der Waals surface area contributed by atoms with E-state index >= 15 is 0 Å². The number of nitrogens with zero attached hydrogens (tertiary/aromatic N) is 1. The number of hydrogen-bond acceptors (Lipinski definition) is 3. The summed E-state index contributed by atoms with van der Waals surface area (Å²) in [7, 11) is 1.92. The Morgan fingerprint density at radius 1 is 1.36 bits per heavy atom. The van der Waals surface area contributed by atoms with E-state index in [0.717, 1.165) is 19.3 Å². The van der Waals surface area contributed by atoms with Crippen molar-refractivity contribution in [1.29, 1.82) is 0 Å². The molecule has 2 rings (SSSR count). The van der Waals surface area contributed by atoms with Crippen molar-refractivity contribution in [1.82, 2.24) is 15.5 Å². The Hall–Kier alpha value is -1.88. The molecule has 5 heteroatoms. The van der Waals surface area contributed by atoms with E-state index in [0.29, 0.717) is 6.54 Å². The van der Waals surface area contributed by atoms with Gasteiger partial charge in [0.05, 0.1) is 6.54 Å². The molecule has 2 N–H and O–H groups in total. The molecule has 22 heavy (non-hydrogen) atoms. The molecule has 0 aliphatic carbocycles. The van der Waals surface area contributed by atoms with Crippen LogP contribution in [0.4, 0.5) is 0 Å². The van der Waals surface area contributed by atoms with Crippen molar-refractivity contribution in [3.8, 4) is 0 Å². The monoisotopic (exact) mass is 303 g/mol. The summed E-state index contributed by atoms with van der Waals surface area (Å²) < 4.78 is 0. The Bertz CT molecular complexity index is 504. The zero-order valence-corrected chi connectivity index (χ0v) is 13.3. The fraction of sp³-hybridized carbons (Fsp3) is 0.529. The molecule has 0 bridgehead atoms. The summed E-state index contributed by atoms with van der Waals surface area (Å²) in [5, 5.41) is 5.69.